The highest BCUT2D eigenvalue weighted by Crippen LogP contribution is 2.17. The van der Waals surface area contributed by atoms with E-state index in [0.29, 0.717) is 31.5 Å². The molecule has 1 aliphatic rings. The molecule has 1 atom stereocenters. The van der Waals surface area contributed by atoms with Crippen molar-refractivity contribution in [2.24, 2.45) is 5.73 Å². The molecule has 1 aromatic heterocycles. The van der Waals surface area contributed by atoms with Gasteiger partial charge in [0.05, 0.1) is 12.3 Å². The fourth-order valence-corrected chi connectivity index (χ4v) is 2.94. The van der Waals surface area contributed by atoms with Gasteiger partial charge in [0.2, 0.25) is 5.91 Å². The van der Waals surface area contributed by atoms with Gasteiger partial charge >= 0.3 is 10.6 Å². The van der Waals surface area contributed by atoms with E-state index in [1.807, 2.05) is 11.5 Å². The van der Waals surface area contributed by atoms with E-state index in [1.165, 1.54) is 6.92 Å². The minimum absolute atomic E-state index is 0.0223. The lowest BCUT2D eigenvalue weighted by Crippen LogP contribution is -2.41. The summed E-state index contributed by atoms with van der Waals surface area (Å²) in [5, 5.41) is 8.00. The quantitative estimate of drug-likeness (QED) is 0.390. The normalized spacial score (nSPS) is 13.5. The predicted octanol–water partition coefficient (Wildman–Crippen LogP) is 0.196. The maximum absolute atomic E-state index is 13.7. The molecule has 17 heteroatoms. The predicted molar refractivity (Wildman–Crippen MR) is 115 cm³/mol. The molecule has 35 heavy (non-hydrogen) atoms. The van der Waals surface area contributed by atoms with Crippen LogP contribution in [0.25, 0.3) is 0 Å². The Bertz CT molecular complexity index is 1250. The Morgan fingerprint density at radius 2 is 1.69 bits per heavy atom. The maximum Gasteiger partial charge on any atom is 0.425 e. The number of benzene rings is 1. The van der Waals surface area contributed by atoms with Crippen molar-refractivity contribution < 1.29 is 43.6 Å². The van der Waals surface area contributed by atoms with Gasteiger partial charge in [0, 0.05) is 31.6 Å². The fraction of sp³-hybridized carbons (Fsp3) is 0.500. The smallest absolute Gasteiger partial charge is 0.333 e. The standard InChI is InChI=1S/C16H18F3N5O.C2H6O3S.O3S/c1-9-21-22-15-8-23(2-3-24(9)15)16(25)6-11(20)4-10-5-13(18)14(19)7-12(10)17;1-2-6(3,4)5;1-4(2)3/h5,7,11H,2-4,6,8,20H2,1H3;2H2,1H3,(H,3,4,5);/t11-;;/m1../s1. The Morgan fingerprint density at radius 3 is 2.23 bits per heavy atom. The molecule has 2 aromatic rings. The monoisotopic (exact) mass is 543 g/mol. The van der Waals surface area contributed by atoms with Gasteiger partial charge < -0.3 is 15.2 Å². The van der Waals surface area contributed by atoms with E-state index < -0.39 is 44.2 Å². The topological polar surface area (TPSA) is 183 Å². The van der Waals surface area contributed by atoms with Crippen molar-refractivity contribution in [3.8, 4) is 0 Å². The van der Waals surface area contributed by atoms with Crippen molar-refractivity contribution in [1.29, 1.82) is 0 Å². The van der Waals surface area contributed by atoms with Gasteiger partial charge in [-0.3, -0.25) is 9.35 Å². The second-order valence-corrected chi connectivity index (χ2v) is 9.38. The minimum Gasteiger partial charge on any atom is -0.333 e. The number of hydrogen-bond acceptors (Lipinski definition) is 9. The molecule has 0 saturated heterocycles. The molecule has 3 N–H and O–H groups in total. The molecular weight excluding hydrogens is 519 g/mol. The lowest BCUT2D eigenvalue weighted by molar-refractivity contribution is -0.133. The molecule has 0 unspecified atom stereocenters. The molecule has 0 spiro atoms. The van der Waals surface area contributed by atoms with E-state index in [4.69, 9.17) is 22.9 Å². The highest BCUT2D eigenvalue weighted by atomic mass is 32.2. The Balaban J connectivity index is 0.000000520. The molecule has 12 nitrogen and oxygen atoms in total. The number of nitrogens with zero attached hydrogens (tertiary/aromatic N) is 4. The van der Waals surface area contributed by atoms with E-state index in [0.717, 1.165) is 11.9 Å². The van der Waals surface area contributed by atoms with E-state index in [-0.39, 0.29) is 30.1 Å². The van der Waals surface area contributed by atoms with Crippen molar-refractivity contribution in [1.82, 2.24) is 19.7 Å². The molecule has 1 aromatic carbocycles. The molecule has 0 fully saturated rings. The van der Waals surface area contributed by atoms with Crippen molar-refractivity contribution in [2.45, 2.75) is 45.8 Å². The number of rotatable bonds is 5. The first-order valence-electron chi connectivity index (χ1n) is 9.91. The van der Waals surface area contributed by atoms with Crippen LogP contribution in [-0.4, -0.2) is 69.5 Å². The zero-order chi connectivity index (χ0) is 26.9. The van der Waals surface area contributed by atoms with Crippen LogP contribution in [0.5, 0.6) is 0 Å². The summed E-state index contributed by atoms with van der Waals surface area (Å²) in [6.45, 7) is 4.67. The number of aryl methyl sites for hydroxylation is 1. The third-order valence-electron chi connectivity index (χ3n) is 4.66. The molecule has 1 aliphatic heterocycles. The summed E-state index contributed by atoms with van der Waals surface area (Å²) in [7, 11) is -6.77. The number of amides is 1. The molecule has 1 amide bonds. The zero-order valence-electron chi connectivity index (χ0n) is 18.7. The van der Waals surface area contributed by atoms with Crippen LogP contribution < -0.4 is 5.73 Å². The fourth-order valence-electron chi connectivity index (χ4n) is 2.94. The third kappa shape index (κ3) is 10.5. The lowest BCUT2D eigenvalue weighted by Gasteiger charge is -2.28. The van der Waals surface area contributed by atoms with Gasteiger partial charge in [-0.05, 0) is 31.9 Å². The highest BCUT2D eigenvalue weighted by molar-refractivity contribution is 7.85. The van der Waals surface area contributed by atoms with Crippen LogP contribution in [-0.2, 0) is 45.0 Å². The van der Waals surface area contributed by atoms with Gasteiger partial charge in [-0.25, -0.2) is 13.2 Å². The number of carbonyl (C=O) groups is 1. The maximum atomic E-state index is 13.7. The second kappa shape index (κ2) is 13.3. The summed E-state index contributed by atoms with van der Waals surface area (Å²) in [5.74, 6) is -2.15. The molecule has 0 saturated carbocycles. The van der Waals surface area contributed by atoms with Crippen LogP contribution >= 0.6 is 0 Å². The van der Waals surface area contributed by atoms with Crippen molar-refractivity contribution in [2.75, 3.05) is 12.3 Å². The largest absolute Gasteiger partial charge is 0.425 e. The van der Waals surface area contributed by atoms with E-state index in [1.54, 1.807) is 4.90 Å². The lowest BCUT2D eigenvalue weighted by atomic mass is 10.0. The molecule has 196 valence electrons. The van der Waals surface area contributed by atoms with Gasteiger partial charge in [-0.2, -0.15) is 8.42 Å². The summed E-state index contributed by atoms with van der Waals surface area (Å²) in [6, 6.07) is 0.563. The van der Waals surface area contributed by atoms with Crippen LogP contribution in [0.2, 0.25) is 0 Å². The molecular formula is C18H24F3N5O7S2. The van der Waals surface area contributed by atoms with Gasteiger partial charge in [-0.1, -0.05) is 0 Å². The summed E-state index contributed by atoms with van der Waals surface area (Å²) in [4.78, 5) is 14.0. The van der Waals surface area contributed by atoms with Crippen LogP contribution in [0.1, 0.15) is 30.6 Å². The second-order valence-electron chi connectivity index (χ2n) is 7.23. The SMILES string of the molecule is CCS(=O)(=O)O.Cc1nnc2n1CCN(C(=O)C[C@H](N)Cc1cc(F)c(F)cc1F)C2.O=S(=O)=O. The average molecular weight is 544 g/mol. The van der Waals surface area contributed by atoms with E-state index in [9.17, 15) is 26.4 Å². The van der Waals surface area contributed by atoms with E-state index >= 15 is 0 Å². The Morgan fingerprint density at radius 1 is 1.14 bits per heavy atom. The summed E-state index contributed by atoms with van der Waals surface area (Å²) in [6.07, 6.45) is -0.0799. The zero-order valence-corrected chi connectivity index (χ0v) is 20.3. The number of aromatic nitrogens is 3. The van der Waals surface area contributed by atoms with Gasteiger partial charge in [0.1, 0.15) is 11.6 Å². The van der Waals surface area contributed by atoms with Gasteiger partial charge in [0.15, 0.2) is 17.5 Å². The summed E-state index contributed by atoms with van der Waals surface area (Å²) < 4.78 is 94.0. The first kappa shape index (κ1) is 30.1. The van der Waals surface area contributed by atoms with Crippen LogP contribution in [0, 0.1) is 24.4 Å². The Kier molecular flexibility index (Phi) is 11.4. The van der Waals surface area contributed by atoms with Gasteiger partial charge in [-0.15, -0.1) is 22.8 Å². The Labute approximate surface area is 200 Å². The number of carbonyl (C=O) groups excluding carboxylic acids is 1. The number of fused-ring (bicyclic) bond motifs is 1. The molecule has 0 bridgehead atoms. The third-order valence-corrected chi connectivity index (χ3v) is 5.39. The van der Waals surface area contributed by atoms with Crippen molar-refractivity contribution >= 4 is 26.6 Å². The number of nitrogens with two attached hydrogens (primary N) is 1. The van der Waals surface area contributed by atoms with Crippen molar-refractivity contribution in [3.63, 3.8) is 0 Å². The van der Waals surface area contributed by atoms with Crippen LogP contribution in [0.3, 0.4) is 0 Å². The Hall–Kier alpha value is -2.89. The first-order valence-corrected chi connectivity index (χ1v) is 12.5. The number of hydrogen-bond donors (Lipinski definition) is 2. The molecule has 2 heterocycles. The number of halogens is 3. The summed E-state index contributed by atoms with van der Waals surface area (Å²) in [5.41, 5.74) is 5.86. The van der Waals surface area contributed by atoms with Gasteiger partial charge in [0.25, 0.3) is 10.1 Å². The molecule has 0 aliphatic carbocycles. The van der Waals surface area contributed by atoms with Crippen molar-refractivity contribution in [3.05, 3.63) is 46.8 Å². The summed E-state index contributed by atoms with van der Waals surface area (Å²) >= 11 is 0. The van der Waals surface area contributed by atoms with E-state index in [2.05, 4.69) is 10.2 Å². The van der Waals surface area contributed by atoms with Crippen LogP contribution in [0.4, 0.5) is 13.2 Å². The van der Waals surface area contributed by atoms with Crippen LogP contribution in [0.15, 0.2) is 12.1 Å². The first-order chi connectivity index (χ1) is 16.1. The molecule has 0 radical (unpaired) electrons. The minimum atomic E-state index is -3.66. The molecule has 3 rings (SSSR count). The average Bonchev–Trinajstić information content (AvgIpc) is 3.11. The highest BCUT2D eigenvalue weighted by Gasteiger charge is 2.25.